The summed E-state index contributed by atoms with van der Waals surface area (Å²) in [5.74, 6) is 1.78. The molecule has 0 amide bonds. The lowest BCUT2D eigenvalue weighted by Gasteiger charge is -2.21. The van der Waals surface area contributed by atoms with Gasteiger partial charge in [0.25, 0.3) is 0 Å². The summed E-state index contributed by atoms with van der Waals surface area (Å²) in [7, 11) is 0. The van der Waals surface area contributed by atoms with Crippen molar-refractivity contribution >= 4 is 33.4 Å². The molecule has 0 bridgehead atoms. The fraction of sp³-hybridized carbons (Fsp3) is 0.0833. The lowest BCUT2D eigenvalue weighted by Crippen LogP contribution is -2.15. The summed E-state index contributed by atoms with van der Waals surface area (Å²) in [5.41, 5.74) is 8.95. The lowest BCUT2D eigenvalue weighted by atomic mass is 9.82. The van der Waals surface area contributed by atoms with Crippen molar-refractivity contribution in [2.45, 2.75) is 19.3 Å². The summed E-state index contributed by atoms with van der Waals surface area (Å²) in [5, 5.41) is 2.96. The molecular weight excluding hydrogens is 524 g/mol. The second-order valence-electron chi connectivity index (χ2n) is 11.1. The molecule has 0 saturated heterocycles. The van der Waals surface area contributed by atoms with Gasteiger partial charge in [-0.15, -0.1) is 0 Å². The van der Waals surface area contributed by atoms with Gasteiger partial charge in [0, 0.05) is 32.3 Å². The van der Waals surface area contributed by atoms with Crippen molar-refractivity contribution in [3.63, 3.8) is 0 Å². The zero-order valence-electron chi connectivity index (χ0n) is 22.6. The molecule has 8 rings (SSSR count). The van der Waals surface area contributed by atoms with Crippen molar-refractivity contribution in [1.29, 1.82) is 0 Å². The SMILES string of the molecule is CC1(C)c2ccccc2-c2ccc(-c3nc(-c4cccc(Cl)c4)nc(-n4c5ccccc5c5ccccc54)n3)cc21. The molecule has 5 aromatic carbocycles. The van der Waals surface area contributed by atoms with Crippen LogP contribution in [0.5, 0.6) is 0 Å². The van der Waals surface area contributed by atoms with E-state index in [4.69, 9.17) is 26.6 Å². The van der Waals surface area contributed by atoms with Crippen LogP contribution in [0, 0.1) is 0 Å². The number of nitrogens with zero attached hydrogens (tertiary/aromatic N) is 4. The third-order valence-electron chi connectivity index (χ3n) is 8.33. The number of hydrogen-bond acceptors (Lipinski definition) is 3. The van der Waals surface area contributed by atoms with Crippen LogP contribution in [0.25, 0.3) is 61.7 Å². The molecule has 1 aliphatic rings. The van der Waals surface area contributed by atoms with E-state index in [2.05, 4.69) is 109 Å². The van der Waals surface area contributed by atoms with Gasteiger partial charge in [-0.05, 0) is 52.6 Å². The number of fused-ring (bicyclic) bond motifs is 6. The summed E-state index contributed by atoms with van der Waals surface area (Å²) in [4.78, 5) is 15.2. The van der Waals surface area contributed by atoms with Crippen molar-refractivity contribution in [3.8, 4) is 39.9 Å². The van der Waals surface area contributed by atoms with Gasteiger partial charge in [0.2, 0.25) is 5.95 Å². The number of aromatic nitrogens is 4. The van der Waals surface area contributed by atoms with E-state index in [0.29, 0.717) is 22.6 Å². The highest BCUT2D eigenvalue weighted by molar-refractivity contribution is 6.30. The monoisotopic (exact) mass is 548 g/mol. The van der Waals surface area contributed by atoms with Crippen LogP contribution in [0.2, 0.25) is 5.02 Å². The Morgan fingerprint density at radius 3 is 1.88 bits per heavy atom. The first-order chi connectivity index (χ1) is 20.0. The maximum Gasteiger partial charge on any atom is 0.238 e. The summed E-state index contributed by atoms with van der Waals surface area (Å²) in [6, 6.07) is 39.7. The van der Waals surface area contributed by atoms with Crippen LogP contribution in [0.3, 0.4) is 0 Å². The molecule has 5 heteroatoms. The van der Waals surface area contributed by atoms with E-state index < -0.39 is 0 Å². The number of halogens is 1. The molecule has 0 saturated carbocycles. The zero-order valence-corrected chi connectivity index (χ0v) is 23.4. The van der Waals surface area contributed by atoms with Crippen LogP contribution < -0.4 is 0 Å². The third-order valence-corrected chi connectivity index (χ3v) is 8.56. The van der Waals surface area contributed by atoms with E-state index in [1.54, 1.807) is 0 Å². The molecule has 0 N–H and O–H groups in total. The summed E-state index contributed by atoms with van der Waals surface area (Å²) < 4.78 is 2.14. The topological polar surface area (TPSA) is 43.6 Å². The van der Waals surface area contributed by atoms with Crippen LogP contribution in [-0.2, 0) is 5.41 Å². The fourth-order valence-corrected chi connectivity index (χ4v) is 6.52. The Labute approximate surface area is 242 Å². The number of para-hydroxylation sites is 2. The highest BCUT2D eigenvalue weighted by Gasteiger charge is 2.35. The molecule has 0 radical (unpaired) electrons. The first kappa shape index (κ1) is 24.0. The Morgan fingerprint density at radius 2 is 1.17 bits per heavy atom. The first-order valence-corrected chi connectivity index (χ1v) is 14.1. The minimum Gasteiger partial charge on any atom is -0.278 e. The molecule has 196 valence electrons. The quantitative estimate of drug-likeness (QED) is 0.221. The predicted molar refractivity (Wildman–Crippen MR) is 168 cm³/mol. The number of hydrogen-bond donors (Lipinski definition) is 0. The average molecular weight is 549 g/mol. The standard InChI is InChI=1S/C36H25ClN4/c1-36(2)29-15-6-3-12-25(29)26-19-18-23(21-30(26)36)34-38-33(22-10-9-11-24(37)20-22)39-35(40-34)41-31-16-7-4-13-27(31)28-14-5-8-17-32(28)41/h3-21H,1-2H3. The average Bonchev–Trinajstić information content (AvgIpc) is 3.46. The van der Waals surface area contributed by atoms with Gasteiger partial charge in [-0.2, -0.15) is 9.97 Å². The summed E-state index contributed by atoms with van der Waals surface area (Å²) in [6.07, 6.45) is 0. The molecule has 0 aliphatic heterocycles. The van der Waals surface area contributed by atoms with E-state index in [1.807, 2.05) is 24.3 Å². The lowest BCUT2D eigenvalue weighted by molar-refractivity contribution is 0.660. The highest BCUT2D eigenvalue weighted by Crippen LogP contribution is 2.49. The number of benzene rings is 5. The minimum absolute atomic E-state index is 0.125. The molecule has 0 fully saturated rings. The molecule has 7 aromatic rings. The Kier molecular flexibility index (Phi) is 5.19. The Balaban J connectivity index is 1.39. The first-order valence-electron chi connectivity index (χ1n) is 13.7. The van der Waals surface area contributed by atoms with Crippen molar-refractivity contribution in [3.05, 3.63) is 131 Å². The Bertz CT molecular complexity index is 2100. The molecule has 2 heterocycles. The second kappa shape index (κ2) is 8.85. The normalized spacial score (nSPS) is 13.4. The van der Waals surface area contributed by atoms with Crippen molar-refractivity contribution < 1.29 is 0 Å². The molecule has 0 unspecified atom stereocenters. The van der Waals surface area contributed by atoms with Crippen molar-refractivity contribution in [2.75, 3.05) is 0 Å². The third kappa shape index (κ3) is 3.64. The molecule has 0 spiro atoms. The van der Waals surface area contributed by atoms with Crippen LogP contribution in [0.15, 0.2) is 115 Å². The predicted octanol–water partition coefficient (Wildman–Crippen LogP) is 9.26. The zero-order chi connectivity index (χ0) is 27.7. The van der Waals surface area contributed by atoms with Gasteiger partial charge in [-0.25, -0.2) is 4.98 Å². The maximum atomic E-state index is 6.41. The van der Waals surface area contributed by atoms with E-state index >= 15 is 0 Å². The molecule has 0 atom stereocenters. The van der Waals surface area contributed by atoms with Gasteiger partial charge in [0.05, 0.1) is 11.0 Å². The van der Waals surface area contributed by atoms with Gasteiger partial charge in [0.15, 0.2) is 11.6 Å². The molecule has 4 nitrogen and oxygen atoms in total. The highest BCUT2D eigenvalue weighted by atomic mass is 35.5. The largest absolute Gasteiger partial charge is 0.278 e. The van der Waals surface area contributed by atoms with Gasteiger partial charge in [-0.3, -0.25) is 4.57 Å². The van der Waals surface area contributed by atoms with Gasteiger partial charge < -0.3 is 0 Å². The second-order valence-corrected chi connectivity index (χ2v) is 11.5. The molecule has 2 aromatic heterocycles. The molecular formula is C36H25ClN4. The summed E-state index contributed by atoms with van der Waals surface area (Å²) in [6.45, 7) is 4.57. The van der Waals surface area contributed by atoms with Gasteiger partial charge in [0.1, 0.15) is 0 Å². The van der Waals surface area contributed by atoms with Gasteiger partial charge >= 0.3 is 0 Å². The Morgan fingerprint density at radius 1 is 0.561 bits per heavy atom. The fourth-order valence-electron chi connectivity index (χ4n) is 6.33. The van der Waals surface area contributed by atoms with Crippen LogP contribution in [0.4, 0.5) is 0 Å². The van der Waals surface area contributed by atoms with Crippen LogP contribution in [0.1, 0.15) is 25.0 Å². The van der Waals surface area contributed by atoms with Crippen molar-refractivity contribution in [2.24, 2.45) is 0 Å². The maximum absolute atomic E-state index is 6.41. The van der Waals surface area contributed by atoms with Crippen molar-refractivity contribution in [1.82, 2.24) is 19.5 Å². The smallest absolute Gasteiger partial charge is 0.238 e. The van der Waals surface area contributed by atoms with Crippen LogP contribution >= 0.6 is 11.6 Å². The van der Waals surface area contributed by atoms with Crippen LogP contribution in [-0.4, -0.2) is 19.5 Å². The van der Waals surface area contributed by atoms with E-state index in [0.717, 1.165) is 32.9 Å². The number of rotatable bonds is 3. The molecule has 1 aliphatic carbocycles. The summed E-state index contributed by atoms with van der Waals surface area (Å²) >= 11 is 6.41. The van der Waals surface area contributed by atoms with E-state index in [1.165, 1.54) is 22.3 Å². The molecule has 41 heavy (non-hydrogen) atoms. The minimum atomic E-state index is -0.125. The Hall–Kier alpha value is -4.80. The van der Waals surface area contributed by atoms with Gasteiger partial charge in [-0.1, -0.05) is 110 Å². The van der Waals surface area contributed by atoms with E-state index in [9.17, 15) is 0 Å². The van der Waals surface area contributed by atoms with E-state index in [-0.39, 0.29) is 5.41 Å².